The van der Waals surface area contributed by atoms with Gasteiger partial charge < -0.3 is 10.1 Å². The van der Waals surface area contributed by atoms with E-state index in [0.29, 0.717) is 18.0 Å². The number of methoxy groups -OCH3 is 1. The second-order valence-corrected chi connectivity index (χ2v) is 5.79. The van der Waals surface area contributed by atoms with Crippen molar-refractivity contribution in [2.75, 3.05) is 13.7 Å². The highest BCUT2D eigenvalue weighted by atomic mass is 35.5. The van der Waals surface area contributed by atoms with Crippen molar-refractivity contribution in [2.24, 2.45) is 5.92 Å². The van der Waals surface area contributed by atoms with Gasteiger partial charge in [0.15, 0.2) is 11.6 Å². The van der Waals surface area contributed by atoms with E-state index in [2.05, 4.69) is 5.32 Å². The third-order valence-electron chi connectivity index (χ3n) is 3.74. The summed E-state index contributed by atoms with van der Waals surface area (Å²) < 4.78 is 18.4. The van der Waals surface area contributed by atoms with Crippen LogP contribution in [0.5, 0.6) is 5.75 Å². The van der Waals surface area contributed by atoms with Crippen LogP contribution in [0.15, 0.2) is 18.2 Å². The van der Waals surface area contributed by atoms with Crippen molar-refractivity contribution in [3.8, 4) is 5.75 Å². The number of rotatable bonds is 4. The van der Waals surface area contributed by atoms with Gasteiger partial charge in [-0.1, -0.05) is 0 Å². The van der Waals surface area contributed by atoms with Crippen LogP contribution < -0.4 is 10.1 Å². The molecule has 1 saturated carbocycles. The van der Waals surface area contributed by atoms with Crippen LogP contribution in [0, 0.1) is 11.7 Å². The monoisotopic (exact) mass is 299 g/mol. The second-order valence-electron chi connectivity index (χ2n) is 5.18. The summed E-state index contributed by atoms with van der Waals surface area (Å²) in [7, 11) is 1.39. The molecule has 1 aliphatic rings. The molecule has 0 aliphatic heterocycles. The summed E-state index contributed by atoms with van der Waals surface area (Å²) in [5.41, 5.74) is 0.314. The highest BCUT2D eigenvalue weighted by Gasteiger charge is 2.20. The molecule has 1 aromatic rings. The Hall–Kier alpha value is -1.29. The van der Waals surface area contributed by atoms with Gasteiger partial charge in [0, 0.05) is 17.5 Å². The molecule has 0 unspecified atom stereocenters. The SMILES string of the molecule is COc1ccc(C(=O)NCC2CCC(Cl)CC2)cc1F. The number of nitrogens with one attached hydrogen (secondary N) is 1. The van der Waals surface area contributed by atoms with E-state index in [-0.39, 0.29) is 17.0 Å². The van der Waals surface area contributed by atoms with Crippen LogP contribution in [0.4, 0.5) is 4.39 Å². The zero-order valence-electron chi connectivity index (χ0n) is 11.5. The maximum absolute atomic E-state index is 13.5. The minimum Gasteiger partial charge on any atom is -0.494 e. The lowest BCUT2D eigenvalue weighted by molar-refractivity contribution is 0.0943. The van der Waals surface area contributed by atoms with Gasteiger partial charge in [0.2, 0.25) is 0 Å². The van der Waals surface area contributed by atoms with Crippen LogP contribution in [0.1, 0.15) is 36.0 Å². The average Bonchev–Trinajstić information content (AvgIpc) is 2.46. The number of halogens is 2. The van der Waals surface area contributed by atoms with Crippen LogP contribution >= 0.6 is 11.6 Å². The summed E-state index contributed by atoms with van der Waals surface area (Å²) in [6.45, 7) is 0.621. The van der Waals surface area contributed by atoms with Crippen molar-refractivity contribution >= 4 is 17.5 Å². The Balaban J connectivity index is 1.87. The topological polar surface area (TPSA) is 38.3 Å². The maximum Gasteiger partial charge on any atom is 0.251 e. The Morgan fingerprint density at radius 1 is 1.40 bits per heavy atom. The first-order valence-corrected chi connectivity index (χ1v) is 7.29. The molecule has 0 radical (unpaired) electrons. The number of benzene rings is 1. The average molecular weight is 300 g/mol. The molecule has 0 saturated heterocycles. The number of alkyl halides is 1. The molecule has 5 heteroatoms. The van der Waals surface area contributed by atoms with E-state index in [4.69, 9.17) is 16.3 Å². The van der Waals surface area contributed by atoms with Crippen molar-refractivity contribution in [3.63, 3.8) is 0 Å². The lowest BCUT2D eigenvalue weighted by atomic mass is 9.89. The zero-order valence-corrected chi connectivity index (χ0v) is 12.3. The third kappa shape index (κ3) is 3.85. The molecule has 0 bridgehead atoms. The zero-order chi connectivity index (χ0) is 14.5. The van der Waals surface area contributed by atoms with Crippen LogP contribution in [0.3, 0.4) is 0 Å². The minimum absolute atomic E-state index is 0.141. The Morgan fingerprint density at radius 3 is 2.70 bits per heavy atom. The molecule has 20 heavy (non-hydrogen) atoms. The van der Waals surface area contributed by atoms with Gasteiger partial charge in [-0.05, 0) is 49.8 Å². The quantitative estimate of drug-likeness (QED) is 0.866. The summed E-state index contributed by atoms with van der Waals surface area (Å²) >= 11 is 6.05. The molecule has 0 aromatic heterocycles. The summed E-state index contributed by atoms with van der Waals surface area (Å²) in [5.74, 6) is -0.165. The molecular weight excluding hydrogens is 281 g/mol. The van der Waals surface area contributed by atoms with Gasteiger partial charge in [-0.15, -0.1) is 11.6 Å². The van der Waals surface area contributed by atoms with E-state index in [1.165, 1.54) is 19.2 Å². The predicted octanol–water partition coefficient (Wildman–Crippen LogP) is 3.36. The van der Waals surface area contributed by atoms with Gasteiger partial charge in [0.05, 0.1) is 7.11 Å². The molecule has 2 rings (SSSR count). The standard InChI is InChI=1S/C15H19ClFNO2/c1-20-14-7-4-11(8-13(14)17)15(19)18-9-10-2-5-12(16)6-3-10/h4,7-8,10,12H,2-3,5-6,9H2,1H3,(H,18,19). The van der Waals surface area contributed by atoms with Crippen molar-refractivity contribution < 1.29 is 13.9 Å². The highest BCUT2D eigenvalue weighted by Crippen LogP contribution is 2.27. The van der Waals surface area contributed by atoms with E-state index in [1.54, 1.807) is 6.07 Å². The smallest absolute Gasteiger partial charge is 0.251 e. The van der Waals surface area contributed by atoms with Gasteiger partial charge in [-0.3, -0.25) is 4.79 Å². The molecule has 110 valence electrons. The van der Waals surface area contributed by atoms with Gasteiger partial charge in [0.25, 0.3) is 5.91 Å². The van der Waals surface area contributed by atoms with Crippen LogP contribution in [0.2, 0.25) is 0 Å². The van der Waals surface area contributed by atoms with Crippen molar-refractivity contribution in [1.29, 1.82) is 0 Å². The van der Waals surface area contributed by atoms with Crippen molar-refractivity contribution in [1.82, 2.24) is 5.32 Å². The minimum atomic E-state index is -0.525. The number of amides is 1. The van der Waals surface area contributed by atoms with Gasteiger partial charge in [-0.25, -0.2) is 4.39 Å². The molecule has 0 atom stereocenters. The Bertz CT molecular complexity index is 473. The van der Waals surface area contributed by atoms with Gasteiger partial charge in [0.1, 0.15) is 0 Å². The van der Waals surface area contributed by atoms with E-state index in [9.17, 15) is 9.18 Å². The first-order valence-electron chi connectivity index (χ1n) is 6.86. The molecule has 1 aliphatic carbocycles. The molecule has 3 nitrogen and oxygen atoms in total. The first kappa shape index (κ1) is 15.1. The number of carbonyl (C=O) groups is 1. The lowest BCUT2D eigenvalue weighted by Crippen LogP contribution is -2.31. The number of ether oxygens (including phenoxy) is 1. The number of hydrogen-bond acceptors (Lipinski definition) is 2. The van der Waals surface area contributed by atoms with Crippen LogP contribution in [-0.4, -0.2) is 24.9 Å². The highest BCUT2D eigenvalue weighted by molar-refractivity contribution is 6.20. The molecular formula is C15H19ClFNO2. The molecule has 1 fully saturated rings. The third-order valence-corrected chi connectivity index (χ3v) is 4.18. The number of carbonyl (C=O) groups excluding carboxylic acids is 1. The van der Waals surface area contributed by atoms with Crippen LogP contribution in [-0.2, 0) is 0 Å². The van der Waals surface area contributed by atoms with Crippen molar-refractivity contribution in [2.45, 2.75) is 31.1 Å². The van der Waals surface area contributed by atoms with Gasteiger partial charge >= 0.3 is 0 Å². The first-order chi connectivity index (χ1) is 9.60. The molecule has 1 N–H and O–H groups in total. The second kappa shape index (κ2) is 6.93. The van der Waals surface area contributed by atoms with E-state index >= 15 is 0 Å². The van der Waals surface area contributed by atoms with Crippen LogP contribution in [0.25, 0.3) is 0 Å². The number of hydrogen-bond donors (Lipinski definition) is 1. The maximum atomic E-state index is 13.5. The fourth-order valence-corrected chi connectivity index (χ4v) is 2.72. The van der Waals surface area contributed by atoms with E-state index in [0.717, 1.165) is 25.7 Å². The predicted molar refractivity (Wildman–Crippen MR) is 76.9 cm³/mol. The molecule has 1 aromatic carbocycles. The largest absolute Gasteiger partial charge is 0.494 e. The summed E-state index contributed by atoms with van der Waals surface area (Å²) in [6.07, 6.45) is 4.06. The van der Waals surface area contributed by atoms with Crippen molar-refractivity contribution in [3.05, 3.63) is 29.6 Å². The summed E-state index contributed by atoms with van der Waals surface area (Å²) in [6, 6.07) is 4.22. The molecule has 1 amide bonds. The normalized spacial score (nSPS) is 22.4. The van der Waals surface area contributed by atoms with Gasteiger partial charge in [-0.2, -0.15) is 0 Å². The lowest BCUT2D eigenvalue weighted by Gasteiger charge is -2.25. The Labute approximate surface area is 123 Å². The summed E-state index contributed by atoms with van der Waals surface area (Å²) in [5, 5.41) is 3.13. The van der Waals surface area contributed by atoms with E-state index < -0.39 is 5.82 Å². The Morgan fingerprint density at radius 2 is 2.10 bits per heavy atom. The van der Waals surface area contributed by atoms with E-state index in [1.807, 2.05) is 0 Å². The fourth-order valence-electron chi connectivity index (χ4n) is 2.47. The Kier molecular flexibility index (Phi) is 5.24. The summed E-state index contributed by atoms with van der Waals surface area (Å²) in [4.78, 5) is 12.0. The molecule has 0 spiro atoms. The molecule has 0 heterocycles. The fraction of sp³-hybridized carbons (Fsp3) is 0.533.